The predicted octanol–water partition coefficient (Wildman–Crippen LogP) is 5.05. The van der Waals surface area contributed by atoms with Crippen molar-refractivity contribution in [2.24, 2.45) is 5.73 Å². The molecule has 0 radical (unpaired) electrons. The summed E-state index contributed by atoms with van der Waals surface area (Å²) in [7, 11) is 1.35. The lowest BCUT2D eigenvalue weighted by Crippen LogP contribution is -2.32. The minimum Gasteiger partial charge on any atom is -0.507 e. The molecule has 6 N–H and O–H groups in total. The molecule has 0 fully saturated rings. The van der Waals surface area contributed by atoms with Gasteiger partial charge in [0.15, 0.2) is 5.78 Å². The second kappa shape index (κ2) is 10.9. The second-order valence-corrected chi connectivity index (χ2v) is 10.2. The first-order chi connectivity index (χ1) is 19.6. The van der Waals surface area contributed by atoms with Gasteiger partial charge in [-0.2, -0.15) is 0 Å². The number of Topliss-reactive ketones (excluding diaryl/α,β-unsaturated/α-hetero) is 1. The van der Waals surface area contributed by atoms with Gasteiger partial charge in [0.2, 0.25) is 0 Å². The number of rotatable bonds is 9. The number of carbonyl (C=O) groups excluding carboxylic acids is 2. The molecule has 9 nitrogen and oxygen atoms in total. The van der Waals surface area contributed by atoms with Gasteiger partial charge >= 0.3 is 11.9 Å². The van der Waals surface area contributed by atoms with Gasteiger partial charge in [0, 0.05) is 55.8 Å². The molecule has 0 aliphatic carbocycles. The molecule has 2 aromatic heterocycles. The van der Waals surface area contributed by atoms with E-state index < -0.39 is 12.0 Å². The number of ether oxygens (including phenoxy) is 1. The minimum atomic E-state index is -1.22. The highest BCUT2D eigenvalue weighted by molar-refractivity contribution is 6.09. The van der Waals surface area contributed by atoms with Crippen molar-refractivity contribution in [3.8, 4) is 16.9 Å². The Morgan fingerprint density at radius 1 is 0.902 bits per heavy atom. The Labute approximate surface area is 236 Å². The first-order valence-corrected chi connectivity index (χ1v) is 13.2. The fourth-order valence-corrected chi connectivity index (χ4v) is 5.68. The Morgan fingerprint density at radius 2 is 1.51 bits per heavy atom. The van der Waals surface area contributed by atoms with Gasteiger partial charge in [-0.05, 0) is 42.7 Å². The summed E-state index contributed by atoms with van der Waals surface area (Å²) in [5.74, 6) is -2.36. The number of aliphatic carboxylic acids is 1. The number of fused-ring (bicyclic) bond motifs is 2. The molecular weight excluding hydrogens is 522 g/mol. The van der Waals surface area contributed by atoms with Crippen LogP contribution in [-0.4, -0.2) is 51.1 Å². The molecule has 0 bridgehead atoms. The van der Waals surface area contributed by atoms with Gasteiger partial charge in [0.25, 0.3) is 0 Å². The number of phenols is 1. The molecule has 2 atom stereocenters. The summed E-state index contributed by atoms with van der Waals surface area (Å²) in [6.45, 7) is 3.37. The zero-order valence-corrected chi connectivity index (χ0v) is 22.9. The van der Waals surface area contributed by atoms with Crippen LogP contribution in [0.25, 0.3) is 32.9 Å². The topological polar surface area (TPSA) is 158 Å². The summed E-state index contributed by atoms with van der Waals surface area (Å²) in [6, 6.07) is 17.1. The number of nitrogens with one attached hydrogen (secondary N) is 2. The van der Waals surface area contributed by atoms with Crippen LogP contribution in [0.3, 0.4) is 0 Å². The molecule has 9 heteroatoms. The van der Waals surface area contributed by atoms with Crippen LogP contribution >= 0.6 is 0 Å². The van der Waals surface area contributed by atoms with Gasteiger partial charge in [-0.25, -0.2) is 0 Å². The van der Waals surface area contributed by atoms with E-state index in [1.54, 1.807) is 6.07 Å². The molecule has 5 aromatic rings. The predicted molar refractivity (Wildman–Crippen MR) is 156 cm³/mol. The summed E-state index contributed by atoms with van der Waals surface area (Å²) in [5, 5.41) is 22.4. The van der Waals surface area contributed by atoms with E-state index in [0.717, 1.165) is 33.1 Å². The number of para-hydroxylation sites is 2. The molecule has 5 rings (SSSR count). The van der Waals surface area contributed by atoms with E-state index in [1.165, 1.54) is 20.1 Å². The van der Waals surface area contributed by atoms with Crippen LogP contribution in [0.4, 0.5) is 0 Å². The van der Waals surface area contributed by atoms with Crippen LogP contribution in [0.1, 0.15) is 52.6 Å². The van der Waals surface area contributed by atoms with E-state index in [1.807, 2.05) is 55.5 Å². The zero-order chi connectivity index (χ0) is 29.4. The smallest absolute Gasteiger partial charge is 0.320 e. The number of aromatic nitrogens is 2. The van der Waals surface area contributed by atoms with Crippen molar-refractivity contribution in [1.82, 2.24) is 9.97 Å². The highest BCUT2D eigenvalue weighted by Gasteiger charge is 2.29. The normalized spacial score (nSPS) is 12.9. The van der Waals surface area contributed by atoms with Gasteiger partial charge in [-0.1, -0.05) is 49.4 Å². The van der Waals surface area contributed by atoms with Crippen LogP contribution in [0, 0.1) is 0 Å². The summed E-state index contributed by atoms with van der Waals surface area (Å²) in [5.41, 5.74) is 11.4. The third-order valence-electron chi connectivity index (χ3n) is 7.63. The number of esters is 1. The summed E-state index contributed by atoms with van der Waals surface area (Å²) in [6.07, 6.45) is -0.0294. The van der Waals surface area contributed by atoms with Crippen molar-refractivity contribution in [2.45, 2.75) is 38.6 Å². The van der Waals surface area contributed by atoms with Crippen molar-refractivity contribution in [2.75, 3.05) is 7.11 Å². The minimum absolute atomic E-state index is 0.0578. The highest BCUT2D eigenvalue weighted by Crippen LogP contribution is 2.45. The van der Waals surface area contributed by atoms with Gasteiger partial charge < -0.3 is 30.7 Å². The largest absolute Gasteiger partial charge is 0.507 e. The molecule has 0 aliphatic rings. The molecular formula is C32H31N3O6. The number of aromatic hydroxyl groups is 1. The molecule has 210 valence electrons. The van der Waals surface area contributed by atoms with E-state index >= 15 is 0 Å². The number of ketones is 1. The summed E-state index contributed by atoms with van der Waals surface area (Å²) in [4.78, 5) is 44.1. The van der Waals surface area contributed by atoms with Crippen LogP contribution < -0.4 is 5.73 Å². The van der Waals surface area contributed by atoms with E-state index in [4.69, 9.17) is 10.5 Å². The van der Waals surface area contributed by atoms with Gasteiger partial charge in [-0.3, -0.25) is 14.4 Å². The second-order valence-electron chi connectivity index (χ2n) is 10.2. The number of carboxylic acids is 1. The van der Waals surface area contributed by atoms with Gasteiger partial charge in [-0.15, -0.1) is 0 Å². The number of aromatic amines is 2. The number of methoxy groups -OCH3 is 1. The molecule has 0 amide bonds. The molecule has 41 heavy (non-hydrogen) atoms. The first-order valence-electron chi connectivity index (χ1n) is 13.2. The number of carboxylic acid groups (broad SMARTS) is 1. The first kappa shape index (κ1) is 27.7. The number of carbonyl (C=O) groups is 3. The maximum Gasteiger partial charge on any atom is 0.320 e. The number of H-pyrrole nitrogens is 2. The Kier molecular flexibility index (Phi) is 7.38. The average molecular weight is 554 g/mol. The van der Waals surface area contributed by atoms with Crippen molar-refractivity contribution >= 4 is 39.5 Å². The van der Waals surface area contributed by atoms with E-state index in [9.17, 15) is 24.6 Å². The van der Waals surface area contributed by atoms with E-state index in [2.05, 4.69) is 9.97 Å². The Morgan fingerprint density at radius 3 is 2.15 bits per heavy atom. The fourth-order valence-electron chi connectivity index (χ4n) is 5.68. The Hall–Kier alpha value is -4.89. The molecule has 0 saturated carbocycles. The lowest BCUT2D eigenvalue weighted by Gasteiger charge is -2.19. The van der Waals surface area contributed by atoms with E-state index in [-0.39, 0.29) is 41.8 Å². The maximum absolute atomic E-state index is 13.1. The van der Waals surface area contributed by atoms with Gasteiger partial charge in [0.1, 0.15) is 11.8 Å². The Bertz CT molecular complexity index is 1820. The quantitative estimate of drug-likeness (QED) is 0.126. The lowest BCUT2D eigenvalue weighted by atomic mass is 9.85. The van der Waals surface area contributed by atoms with Crippen molar-refractivity contribution in [3.05, 3.63) is 88.7 Å². The zero-order valence-electron chi connectivity index (χ0n) is 22.9. The van der Waals surface area contributed by atoms with Gasteiger partial charge in [0.05, 0.1) is 13.5 Å². The lowest BCUT2D eigenvalue weighted by molar-refractivity contribution is -0.140. The summed E-state index contributed by atoms with van der Waals surface area (Å²) < 4.78 is 4.99. The van der Waals surface area contributed by atoms with Crippen LogP contribution in [0.15, 0.2) is 60.7 Å². The molecule has 2 unspecified atom stereocenters. The van der Waals surface area contributed by atoms with Crippen molar-refractivity contribution in [3.63, 3.8) is 0 Å². The maximum atomic E-state index is 13.1. The van der Waals surface area contributed by atoms with E-state index in [0.29, 0.717) is 22.4 Å². The SMILES string of the molecule is COC(=O)Cc1c(C(C)c2[nH]c3ccccc3c2-c2c(O)ccc(CC(N)C(=O)O)c2C(C)=O)[nH]c2ccccc12. The standard InChI is InChI=1S/C32H31N3O6/c1-16(30-21(15-26(38)41-3)19-8-4-6-10-23(19)34-30)31-28(20-9-5-7-11-24(20)35-31)29-25(37)13-12-18(27(29)17(2)36)14-22(33)32(39)40/h4-13,16,22,34-35,37H,14-15,33H2,1-3H3,(H,39,40). The third-order valence-corrected chi connectivity index (χ3v) is 7.63. The van der Waals surface area contributed by atoms with Crippen LogP contribution in [0.2, 0.25) is 0 Å². The Balaban J connectivity index is 1.79. The molecule has 0 saturated heterocycles. The summed E-state index contributed by atoms with van der Waals surface area (Å²) >= 11 is 0. The average Bonchev–Trinajstić information content (AvgIpc) is 3.51. The number of phenolic OH excluding ortho intramolecular Hbond substituents is 1. The van der Waals surface area contributed by atoms with Crippen molar-refractivity contribution < 1.29 is 29.3 Å². The molecule has 0 spiro atoms. The monoisotopic (exact) mass is 553 g/mol. The number of hydrogen-bond acceptors (Lipinski definition) is 6. The number of nitrogens with two attached hydrogens (primary N) is 1. The molecule has 0 aliphatic heterocycles. The fraction of sp³-hybridized carbons (Fsp3) is 0.219. The molecule has 3 aromatic carbocycles. The van der Waals surface area contributed by atoms with Crippen molar-refractivity contribution in [1.29, 1.82) is 0 Å². The number of hydrogen-bond donors (Lipinski definition) is 5. The van der Waals surface area contributed by atoms with Crippen LogP contribution in [-0.2, 0) is 27.2 Å². The highest BCUT2D eigenvalue weighted by atomic mass is 16.5. The van der Waals surface area contributed by atoms with Crippen LogP contribution in [0.5, 0.6) is 5.75 Å². The number of benzene rings is 3. The molecule has 2 heterocycles. The third kappa shape index (κ3) is 4.96.